The molecule has 0 spiro atoms. The Balaban J connectivity index is 2.41. The Labute approximate surface area is 122 Å². The molecule has 1 aliphatic rings. The molecular weight excluding hydrogens is 258 g/mol. The van der Waals surface area contributed by atoms with Gasteiger partial charge in [0.1, 0.15) is 5.54 Å². The predicted octanol–water partition coefficient (Wildman–Crippen LogP) is 3.23. The third kappa shape index (κ3) is 5.35. The lowest BCUT2D eigenvalue weighted by atomic mass is 9.96. The van der Waals surface area contributed by atoms with E-state index in [1.165, 1.54) is 38.5 Å². The monoisotopic (exact) mass is 287 g/mol. The van der Waals surface area contributed by atoms with Crippen molar-refractivity contribution in [3.05, 3.63) is 0 Å². The summed E-state index contributed by atoms with van der Waals surface area (Å²) in [5.41, 5.74) is -0.550. The molecule has 0 radical (unpaired) electrons. The minimum atomic E-state index is -0.550. The Morgan fingerprint density at radius 1 is 1.47 bits per heavy atom. The summed E-state index contributed by atoms with van der Waals surface area (Å²) in [5, 5.41) is 3.76. The maximum absolute atomic E-state index is 11.9. The number of carbonyl (C=O) groups is 1. The first-order chi connectivity index (χ1) is 9.01. The van der Waals surface area contributed by atoms with Crippen molar-refractivity contribution in [2.24, 2.45) is 5.92 Å². The molecule has 1 rings (SSSR count). The van der Waals surface area contributed by atoms with E-state index in [4.69, 9.17) is 4.74 Å². The number of thioether (sulfide) groups is 1. The molecule has 1 aliphatic carbocycles. The summed E-state index contributed by atoms with van der Waals surface area (Å²) in [6.45, 7) is 6.98. The molecule has 0 aromatic heterocycles. The first-order valence-corrected chi connectivity index (χ1v) is 8.51. The summed E-state index contributed by atoms with van der Waals surface area (Å²) in [6.07, 6.45) is 6.40. The number of nitrogens with one attached hydrogen (secondary N) is 1. The molecule has 112 valence electrons. The van der Waals surface area contributed by atoms with Crippen LogP contribution in [0.2, 0.25) is 0 Å². The Kier molecular flexibility index (Phi) is 7.22. The topological polar surface area (TPSA) is 38.3 Å². The highest BCUT2D eigenvalue weighted by Gasteiger charge is 2.35. The molecule has 0 aromatic rings. The molecule has 19 heavy (non-hydrogen) atoms. The van der Waals surface area contributed by atoms with Gasteiger partial charge in [-0.2, -0.15) is 11.8 Å². The van der Waals surface area contributed by atoms with E-state index < -0.39 is 5.54 Å². The molecule has 1 fully saturated rings. The molecule has 2 unspecified atom stereocenters. The number of ether oxygens (including phenoxy) is 1. The van der Waals surface area contributed by atoms with Crippen molar-refractivity contribution in [1.29, 1.82) is 0 Å². The minimum absolute atomic E-state index is 0.150. The molecule has 2 atom stereocenters. The second-order valence-corrected chi connectivity index (χ2v) is 7.32. The zero-order valence-corrected chi connectivity index (χ0v) is 13.6. The van der Waals surface area contributed by atoms with E-state index in [0.29, 0.717) is 5.25 Å². The zero-order chi connectivity index (χ0) is 14.3. The van der Waals surface area contributed by atoms with Crippen molar-refractivity contribution < 1.29 is 9.53 Å². The summed E-state index contributed by atoms with van der Waals surface area (Å²) in [4.78, 5) is 11.9. The molecule has 0 saturated heterocycles. The quantitative estimate of drug-likeness (QED) is 0.696. The van der Waals surface area contributed by atoms with Crippen molar-refractivity contribution in [2.45, 2.75) is 63.7 Å². The number of rotatable bonds is 8. The summed E-state index contributed by atoms with van der Waals surface area (Å²) >= 11 is 2.01. The van der Waals surface area contributed by atoms with Gasteiger partial charge in [0.15, 0.2) is 0 Å². The second-order valence-electron chi connectivity index (χ2n) is 5.85. The first-order valence-electron chi connectivity index (χ1n) is 7.47. The molecule has 0 amide bonds. The van der Waals surface area contributed by atoms with Crippen LogP contribution in [0.15, 0.2) is 0 Å². The zero-order valence-electron chi connectivity index (χ0n) is 12.8. The van der Waals surface area contributed by atoms with Crippen molar-refractivity contribution in [3.63, 3.8) is 0 Å². The fraction of sp³-hybridized carbons (Fsp3) is 0.933. The lowest BCUT2D eigenvalue weighted by molar-refractivity contribution is -0.148. The molecule has 1 N–H and O–H groups in total. The second kappa shape index (κ2) is 8.15. The fourth-order valence-electron chi connectivity index (χ4n) is 2.95. The van der Waals surface area contributed by atoms with Gasteiger partial charge in [-0.25, -0.2) is 0 Å². The smallest absolute Gasteiger partial charge is 0.325 e. The number of methoxy groups -OCH3 is 1. The van der Waals surface area contributed by atoms with E-state index in [2.05, 4.69) is 12.2 Å². The highest BCUT2D eigenvalue weighted by molar-refractivity contribution is 7.99. The molecule has 1 saturated carbocycles. The van der Waals surface area contributed by atoms with Crippen molar-refractivity contribution in [1.82, 2.24) is 5.32 Å². The fourth-order valence-corrected chi connectivity index (χ4v) is 4.34. The van der Waals surface area contributed by atoms with Gasteiger partial charge in [0.2, 0.25) is 0 Å². The van der Waals surface area contributed by atoms with Crippen LogP contribution in [0.1, 0.15) is 52.9 Å². The number of hydrogen-bond acceptors (Lipinski definition) is 4. The Morgan fingerprint density at radius 3 is 2.63 bits per heavy atom. The molecule has 0 bridgehead atoms. The third-order valence-electron chi connectivity index (χ3n) is 3.99. The highest BCUT2D eigenvalue weighted by Crippen LogP contribution is 2.31. The lowest BCUT2D eigenvalue weighted by Gasteiger charge is -2.30. The van der Waals surface area contributed by atoms with E-state index in [1.54, 1.807) is 0 Å². The maximum atomic E-state index is 11.9. The van der Waals surface area contributed by atoms with Crippen LogP contribution < -0.4 is 5.32 Å². The number of esters is 1. The third-order valence-corrected chi connectivity index (χ3v) is 5.39. The van der Waals surface area contributed by atoms with Gasteiger partial charge >= 0.3 is 5.97 Å². The van der Waals surface area contributed by atoms with Crippen molar-refractivity contribution in [3.8, 4) is 0 Å². The summed E-state index contributed by atoms with van der Waals surface area (Å²) < 4.78 is 4.94. The Hall–Kier alpha value is -0.220. The van der Waals surface area contributed by atoms with Gasteiger partial charge in [0.05, 0.1) is 7.11 Å². The van der Waals surface area contributed by atoms with Gasteiger partial charge in [-0.3, -0.25) is 4.79 Å². The average Bonchev–Trinajstić information content (AvgIpc) is 2.88. The van der Waals surface area contributed by atoms with Gasteiger partial charge in [-0.15, -0.1) is 0 Å². The number of carbonyl (C=O) groups excluding carboxylic acids is 1. The van der Waals surface area contributed by atoms with Gasteiger partial charge in [-0.1, -0.05) is 26.7 Å². The van der Waals surface area contributed by atoms with Crippen LogP contribution in [0, 0.1) is 5.92 Å². The van der Waals surface area contributed by atoms with Crippen LogP contribution in [0.25, 0.3) is 0 Å². The standard InChI is InChI=1S/C15H29NO2S/c1-5-16-15(3,14(17)18-4)10-12(2)19-11-13-8-6-7-9-13/h12-13,16H,5-11H2,1-4H3. The SMILES string of the molecule is CCNC(C)(CC(C)SCC1CCCC1)C(=O)OC. The van der Waals surface area contributed by atoms with Gasteiger partial charge in [0, 0.05) is 5.25 Å². The van der Waals surface area contributed by atoms with Crippen LogP contribution in [0.5, 0.6) is 0 Å². The van der Waals surface area contributed by atoms with E-state index in [9.17, 15) is 4.79 Å². The van der Waals surface area contributed by atoms with Crippen LogP contribution >= 0.6 is 11.8 Å². The summed E-state index contributed by atoms with van der Waals surface area (Å²) in [5.74, 6) is 1.99. The van der Waals surface area contributed by atoms with E-state index in [0.717, 1.165) is 18.9 Å². The van der Waals surface area contributed by atoms with E-state index >= 15 is 0 Å². The molecule has 0 aliphatic heterocycles. The van der Waals surface area contributed by atoms with Gasteiger partial charge in [0.25, 0.3) is 0 Å². The molecule has 4 heteroatoms. The molecule has 3 nitrogen and oxygen atoms in total. The van der Waals surface area contributed by atoms with Crippen molar-refractivity contribution in [2.75, 3.05) is 19.4 Å². The van der Waals surface area contributed by atoms with Crippen molar-refractivity contribution >= 4 is 17.7 Å². The summed E-state index contributed by atoms with van der Waals surface area (Å²) in [7, 11) is 1.47. The van der Waals surface area contributed by atoms with Crippen LogP contribution in [0.3, 0.4) is 0 Å². The lowest BCUT2D eigenvalue weighted by Crippen LogP contribution is -2.51. The van der Waals surface area contributed by atoms with Gasteiger partial charge < -0.3 is 10.1 Å². The van der Waals surface area contributed by atoms with Crippen LogP contribution in [0.4, 0.5) is 0 Å². The normalized spacial score (nSPS) is 21.1. The summed E-state index contributed by atoms with van der Waals surface area (Å²) in [6, 6.07) is 0. The molecule has 0 heterocycles. The Morgan fingerprint density at radius 2 is 2.11 bits per heavy atom. The average molecular weight is 287 g/mol. The molecule has 0 aromatic carbocycles. The minimum Gasteiger partial charge on any atom is -0.468 e. The molecular formula is C15H29NO2S. The largest absolute Gasteiger partial charge is 0.468 e. The number of hydrogen-bond donors (Lipinski definition) is 1. The van der Waals surface area contributed by atoms with Crippen LogP contribution in [-0.2, 0) is 9.53 Å². The van der Waals surface area contributed by atoms with Crippen LogP contribution in [-0.4, -0.2) is 36.2 Å². The van der Waals surface area contributed by atoms with E-state index in [1.807, 2.05) is 25.6 Å². The first kappa shape index (κ1) is 16.8. The number of likely N-dealkylation sites (N-methyl/N-ethyl adjacent to an activating group) is 1. The maximum Gasteiger partial charge on any atom is 0.325 e. The highest BCUT2D eigenvalue weighted by atomic mass is 32.2. The Bertz CT molecular complexity index is 279. The van der Waals surface area contributed by atoms with Gasteiger partial charge in [-0.05, 0) is 44.4 Å². The predicted molar refractivity (Wildman–Crippen MR) is 82.6 cm³/mol. The van der Waals surface area contributed by atoms with E-state index in [-0.39, 0.29) is 5.97 Å².